The van der Waals surface area contributed by atoms with Gasteiger partial charge in [-0.25, -0.2) is 9.97 Å². The van der Waals surface area contributed by atoms with Gasteiger partial charge in [0, 0.05) is 39.7 Å². The highest BCUT2D eigenvalue weighted by atomic mass is 35.5. The van der Waals surface area contributed by atoms with Gasteiger partial charge in [0.25, 0.3) is 0 Å². The van der Waals surface area contributed by atoms with Crippen molar-refractivity contribution >= 4 is 58.6 Å². The lowest BCUT2D eigenvalue weighted by Crippen LogP contribution is -2.22. The van der Waals surface area contributed by atoms with E-state index in [1.807, 2.05) is 41.8 Å². The van der Waals surface area contributed by atoms with E-state index in [1.165, 1.54) is 0 Å². The van der Waals surface area contributed by atoms with Gasteiger partial charge in [0.1, 0.15) is 23.4 Å². The summed E-state index contributed by atoms with van der Waals surface area (Å²) in [5.41, 5.74) is 3.45. The van der Waals surface area contributed by atoms with Crippen molar-refractivity contribution in [3.8, 4) is 0 Å². The Hall–Kier alpha value is -2.09. The SMILES string of the molecule is CN(C)c1nc2c3c(nc(Cl)c2n1COCC[Si](C)(C)C)[nH]c1ccccc13. The molecule has 28 heavy (non-hydrogen) atoms. The van der Waals surface area contributed by atoms with Gasteiger partial charge in [-0.1, -0.05) is 49.4 Å². The van der Waals surface area contributed by atoms with Crippen LogP contribution in [-0.4, -0.2) is 48.3 Å². The molecule has 0 atom stereocenters. The first kappa shape index (κ1) is 19.2. The number of pyridine rings is 1. The van der Waals surface area contributed by atoms with Gasteiger partial charge in [-0.2, -0.15) is 0 Å². The maximum Gasteiger partial charge on any atom is 0.208 e. The van der Waals surface area contributed by atoms with Crippen molar-refractivity contribution in [3.63, 3.8) is 0 Å². The molecule has 0 spiro atoms. The van der Waals surface area contributed by atoms with Crippen LogP contribution in [0, 0.1) is 0 Å². The Morgan fingerprint density at radius 1 is 1.18 bits per heavy atom. The number of nitrogens with one attached hydrogen (secondary N) is 1. The predicted octanol–water partition coefficient (Wildman–Crippen LogP) is 5.10. The lowest BCUT2D eigenvalue weighted by molar-refractivity contribution is 0.0907. The maximum atomic E-state index is 6.61. The second-order valence-electron chi connectivity index (χ2n) is 8.58. The zero-order valence-electron chi connectivity index (χ0n) is 17.0. The lowest BCUT2D eigenvalue weighted by atomic mass is 10.2. The van der Waals surface area contributed by atoms with Crippen LogP contribution in [0.5, 0.6) is 0 Å². The number of aromatic nitrogens is 4. The number of aromatic amines is 1. The fraction of sp³-hybridized carbons (Fsp3) is 0.400. The number of para-hydroxylation sites is 1. The summed E-state index contributed by atoms with van der Waals surface area (Å²) in [5, 5.41) is 2.53. The highest BCUT2D eigenvalue weighted by Crippen LogP contribution is 2.36. The van der Waals surface area contributed by atoms with Crippen molar-refractivity contribution in [1.29, 1.82) is 0 Å². The first-order valence-corrected chi connectivity index (χ1v) is 13.6. The molecule has 0 saturated heterocycles. The van der Waals surface area contributed by atoms with Crippen molar-refractivity contribution in [2.45, 2.75) is 32.4 Å². The van der Waals surface area contributed by atoms with E-state index < -0.39 is 8.07 Å². The van der Waals surface area contributed by atoms with Gasteiger partial charge in [0.2, 0.25) is 5.95 Å². The average molecular weight is 416 g/mol. The van der Waals surface area contributed by atoms with Gasteiger partial charge >= 0.3 is 0 Å². The number of imidazole rings is 1. The van der Waals surface area contributed by atoms with Gasteiger partial charge in [-0.3, -0.25) is 4.57 Å². The number of fused-ring (bicyclic) bond motifs is 5. The molecule has 0 fully saturated rings. The fourth-order valence-corrected chi connectivity index (χ4v) is 4.46. The van der Waals surface area contributed by atoms with Crippen molar-refractivity contribution in [1.82, 2.24) is 19.5 Å². The van der Waals surface area contributed by atoms with Crippen LogP contribution in [0.2, 0.25) is 30.8 Å². The Morgan fingerprint density at radius 2 is 1.93 bits per heavy atom. The van der Waals surface area contributed by atoms with Gasteiger partial charge in [-0.05, 0) is 12.1 Å². The molecular formula is C20H26ClN5OSi. The summed E-state index contributed by atoms with van der Waals surface area (Å²) in [4.78, 5) is 14.9. The summed E-state index contributed by atoms with van der Waals surface area (Å²) in [6.07, 6.45) is 0. The van der Waals surface area contributed by atoms with Gasteiger partial charge in [-0.15, -0.1) is 0 Å². The zero-order valence-corrected chi connectivity index (χ0v) is 18.8. The Bertz CT molecular complexity index is 1160. The van der Waals surface area contributed by atoms with E-state index in [-0.39, 0.29) is 0 Å². The molecule has 0 bridgehead atoms. The molecule has 148 valence electrons. The number of H-pyrrole nitrogens is 1. The first-order chi connectivity index (χ1) is 13.3. The molecule has 3 heterocycles. The van der Waals surface area contributed by atoms with Gasteiger partial charge in [0.15, 0.2) is 5.15 Å². The number of anilines is 1. The second-order valence-corrected chi connectivity index (χ2v) is 14.6. The standard InChI is InChI=1S/C20H26ClN5OSi/c1-25(2)20-23-16-15-13-8-6-7-9-14(13)22-19(15)24-18(21)17(16)26(20)12-27-10-11-28(3,4)5/h6-9H,10-12H2,1-5H3,(H,22,24). The minimum absolute atomic E-state index is 0.407. The van der Waals surface area contributed by atoms with E-state index in [2.05, 4.69) is 35.7 Å². The molecular weight excluding hydrogens is 390 g/mol. The molecule has 0 radical (unpaired) electrons. The van der Waals surface area contributed by atoms with E-state index >= 15 is 0 Å². The van der Waals surface area contributed by atoms with Crippen molar-refractivity contribution in [2.75, 3.05) is 25.6 Å². The molecule has 6 nitrogen and oxygen atoms in total. The molecule has 1 N–H and O–H groups in total. The van der Waals surface area contributed by atoms with Crippen LogP contribution in [0.15, 0.2) is 24.3 Å². The normalized spacial score (nSPS) is 12.5. The largest absolute Gasteiger partial charge is 0.361 e. The van der Waals surface area contributed by atoms with E-state index in [0.29, 0.717) is 11.9 Å². The number of nitrogens with zero attached hydrogens (tertiary/aromatic N) is 4. The molecule has 8 heteroatoms. The monoisotopic (exact) mass is 415 g/mol. The van der Waals surface area contributed by atoms with Crippen LogP contribution >= 0.6 is 11.6 Å². The summed E-state index contributed by atoms with van der Waals surface area (Å²) in [7, 11) is 2.82. The highest BCUT2D eigenvalue weighted by Gasteiger charge is 2.21. The number of halogens is 1. The Balaban J connectivity index is 1.86. The lowest BCUT2D eigenvalue weighted by Gasteiger charge is -2.18. The summed E-state index contributed by atoms with van der Waals surface area (Å²) < 4.78 is 8.05. The molecule has 1 aromatic carbocycles. The molecule has 0 amide bonds. The predicted molar refractivity (Wildman–Crippen MR) is 120 cm³/mol. The maximum absolute atomic E-state index is 6.61. The van der Waals surface area contributed by atoms with E-state index in [9.17, 15) is 0 Å². The van der Waals surface area contributed by atoms with Gasteiger partial charge in [0.05, 0.1) is 5.39 Å². The van der Waals surface area contributed by atoms with Crippen LogP contribution in [0.1, 0.15) is 0 Å². The molecule has 0 unspecified atom stereocenters. The molecule has 0 aliphatic rings. The molecule has 0 aliphatic carbocycles. The molecule has 0 aliphatic heterocycles. The highest BCUT2D eigenvalue weighted by molar-refractivity contribution is 6.76. The van der Waals surface area contributed by atoms with Crippen LogP contribution in [-0.2, 0) is 11.5 Å². The second kappa shape index (κ2) is 7.06. The number of rotatable bonds is 6. The molecule has 4 aromatic rings. The smallest absolute Gasteiger partial charge is 0.208 e. The summed E-state index contributed by atoms with van der Waals surface area (Å²) in [6.45, 7) is 8.20. The Kier molecular flexibility index (Phi) is 4.85. The summed E-state index contributed by atoms with van der Waals surface area (Å²) >= 11 is 6.61. The summed E-state index contributed by atoms with van der Waals surface area (Å²) in [5.74, 6) is 0.810. The quantitative estimate of drug-likeness (QED) is 0.270. The van der Waals surface area contributed by atoms with Crippen LogP contribution < -0.4 is 4.90 Å². The first-order valence-electron chi connectivity index (χ1n) is 9.47. The number of ether oxygens (including phenoxy) is 1. The van der Waals surface area contributed by atoms with Crippen LogP contribution in [0.4, 0.5) is 5.95 Å². The van der Waals surface area contributed by atoms with E-state index in [0.717, 1.165) is 51.6 Å². The van der Waals surface area contributed by atoms with E-state index in [1.54, 1.807) is 0 Å². The fourth-order valence-electron chi connectivity index (χ4n) is 3.42. The summed E-state index contributed by atoms with van der Waals surface area (Å²) in [6, 6.07) is 9.28. The van der Waals surface area contributed by atoms with Crippen LogP contribution in [0.3, 0.4) is 0 Å². The minimum Gasteiger partial charge on any atom is -0.361 e. The third kappa shape index (κ3) is 3.38. The molecule has 0 saturated carbocycles. The molecule has 3 aromatic heterocycles. The average Bonchev–Trinajstić information content (AvgIpc) is 3.16. The third-order valence-electron chi connectivity index (χ3n) is 4.89. The Labute approximate surface area is 170 Å². The van der Waals surface area contributed by atoms with Crippen molar-refractivity contribution in [2.24, 2.45) is 0 Å². The molecule has 4 rings (SSSR count). The van der Waals surface area contributed by atoms with Crippen molar-refractivity contribution in [3.05, 3.63) is 29.4 Å². The minimum atomic E-state index is -1.14. The van der Waals surface area contributed by atoms with Crippen molar-refractivity contribution < 1.29 is 4.74 Å². The zero-order chi connectivity index (χ0) is 20.1. The number of benzene rings is 1. The third-order valence-corrected chi connectivity index (χ3v) is 6.86. The Morgan fingerprint density at radius 3 is 2.64 bits per heavy atom. The number of hydrogen-bond donors (Lipinski definition) is 1. The topological polar surface area (TPSA) is 59.0 Å². The number of hydrogen-bond acceptors (Lipinski definition) is 4. The van der Waals surface area contributed by atoms with E-state index in [4.69, 9.17) is 21.3 Å². The van der Waals surface area contributed by atoms with Gasteiger partial charge < -0.3 is 14.6 Å². The van der Waals surface area contributed by atoms with Crippen LogP contribution in [0.25, 0.3) is 33.0 Å².